The summed E-state index contributed by atoms with van der Waals surface area (Å²) in [6.07, 6.45) is 1.54. The molecule has 4 nitrogen and oxygen atoms in total. The maximum Gasteiger partial charge on any atom is 0.316 e. The standard InChI is InChI=1S/C17H28O4/c1-7-8-11-12(9(2)3)15(18)13(10(4)5)16(19)14(11)17(20)21-6/h9-14H,7-8H2,1-6H3. The molecule has 4 unspecified atom stereocenters. The third-order valence-corrected chi connectivity index (χ3v) is 4.60. The number of hydrogen-bond acceptors (Lipinski definition) is 4. The van der Waals surface area contributed by atoms with Crippen molar-refractivity contribution in [3.63, 3.8) is 0 Å². The third-order valence-electron chi connectivity index (χ3n) is 4.60. The average molecular weight is 296 g/mol. The van der Waals surface area contributed by atoms with Gasteiger partial charge < -0.3 is 4.74 Å². The first-order valence-electron chi connectivity index (χ1n) is 7.93. The smallest absolute Gasteiger partial charge is 0.316 e. The summed E-state index contributed by atoms with van der Waals surface area (Å²) in [7, 11) is 1.31. The average Bonchev–Trinajstić information content (AvgIpc) is 2.37. The number of rotatable bonds is 5. The second-order valence-electron chi connectivity index (χ2n) is 6.75. The highest BCUT2D eigenvalue weighted by Crippen LogP contribution is 2.42. The molecule has 0 bridgehead atoms. The first kappa shape index (κ1) is 17.9. The Hall–Kier alpha value is -1.19. The highest BCUT2D eigenvalue weighted by molar-refractivity contribution is 6.13. The zero-order chi connectivity index (χ0) is 16.3. The van der Waals surface area contributed by atoms with Crippen molar-refractivity contribution in [3.8, 4) is 0 Å². The lowest BCUT2D eigenvalue weighted by molar-refractivity contribution is -0.162. The molecule has 0 aromatic carbocycles. The molecule has 1 fully saturated rings. The highest BCUT2D eigenvalue weighted by Gasteiger charge is 2.53. The van der Waals surface area contributed by atoms with E-state index in [0.29, 0.717) is 6.42 Å². The Morgan fingerprint density at radius 2 is 1.67 bits per heavy atom. The second kappa shape index (κ2) is 7.19. The molecule has 0 N–H and O–H groups in total. The van der Waals surface area contributed by atoms with Crippen molar-refractivity contribution in [2.45, 2.75) is 47.5 Å². The van der Waals surface area contributed by atoms with Crippen LogP contribution in [0, 0.1) is 35.5 Å². The summed E-state index contributed by atoms with van der Waals surface area (Å²) in [5, 5.41) is 0. The van der Waals surface area contributed by atoms with Crippen molar-refractivity contribution < 1.29 is 19.1 Å². The Bertz CT molecular complexity index is 411. The Morgan fingerprint density at radius 1 is 1.10 bits per heavy atom. The van der Waals surface area contributed by atoms with E-state index in [0.717, 1.165) is 6.42 Å². The van der Waals surface area contributed by atoms with Crippen LogP contribution in [-0.2, 0) is 19.1 Å². The molecule has 21 heavy (non-hydrogen) atoms. The molecule has 1 aliphatic rings. The molecule has 0 aliphatic heterocycles. The molecule has 0 aromatic rings. The van der Waals surface area contributed by atoms with Crippen molar-refractivity contribution in [3.05, 3.63) is 0 Å². The zero-order valence-electron chi connectivity index (χ0n) is 14.0. The van der Waals surface area contributed by atoms with Crippen molar-refractivity contribution in [1.29, 1.82) is 0 Å². The molecule has 0 saturated heterocycles. The topological polar surface area (TPSA) is 60.4 Å². The van der Waals surface area contributed by atoms with Crippen molar-refractivity contribution in [2.75, 3.05) is 7.11 Å². The number of carbonyl (C=O) groups is 3. The van der Waals surface area contributed by atoms with Crippen LogP contribution in [0.25, 0.3) is 0 Å². The van der Waals surface area contributed by atoms with E-state index in [2.05, 4.69) is 0 Å². The maximum absolute atomic E-state index is 12.8. The summed E-state index contributed by atoms with van der Waals surface area (Å²) < 4.78 is 4.86. The van der Waals surface area contributed by atoms with Crippen molar-refractivity contribution >= 4 is 17.5 Å². The van der Waals surface area contributed by atoms with Gasteiger partial charge >= 0.3 is 5.97 Å². The van der Waals surface area contributed by atoms with Gasteiger partial charge in [-0.2, -0.15) is 0 Å². The van der Waals surface area contributed by atoms with Gasteiger partial charge in [0.25, 0.3) is 0 Å². The number of esters is 1. The molecule has 1 aliphatic carbocycles. The van der Waals surface area contributed by atoms with E-state index in [1.165, 1.54) is 7.11 Å². The van der Waals surface area contributed by atoms with Gasteiger partial charge in [-0.05, 0) is 24.2 Å². The Kier molecular flexibility index (Phi) is 6.11. The largest absolute Gasteiger partial charge is 0.468 e. The van der Waals surface area contributed by atoms with E-state index in [1.807, 2.05) is 34.6 Å². The molecule has 1 saturated carbocycles. The molecule has 4 atom stereocenters. The molecule has 120 valence electrons. The minimum Gasteiger partial charge on any atom is -0.468 e. The Labute approximate surface area is 127 Å². The van der Waals surface area contributed by atoms with Gasteiger partial charge in [0.1, 0.15) is 11.7 Å². The predicted molar refractivity (Wildman–Crippen MR) is 80.6 cm³/mol. The van der Waals surface area contributed by atoms with Crippen molar-refractivity contribution in [2.24, 2.45) is 35.5 Å². The second-order valence-corrected chi connectivity index (χ2v) is 6.75. The summed E-state index contributed by atoms with van der Waals surface area (Å²) >= 11 is 0. The summed E-state index contributed by atoms with van der Waals surface area (Å²) in [4.78, 5) is 37.6. The van der Waals surface area contributed by atoms with Gasteiger partial charge in [0.15, 0.2) is 5.78 Å². The van der Waals surface area contributed by atoms with Crippen LogP contribution in [0.3, 0.4) is 0 Å². The number of methoxy groups -OCH3 is 1. The summed E-state index contributed by atoms with van der Waals surface area (Å²) in [5.74, 6) is -2.58. The fourth-order valence-corrected chi connectivity index (χ4v) is 3.75. The lowest BCUT2D eigenvalue weighted by Crippen LogP contribution is -2.53. The molecule has 4 heteroatoms. The summed E-state index contributed by atoms with van der Waals surface area (Å²) in [5.41, 5.74) is 0. The fourth-order valence-electron chi connectivity index (χ4n) is 3.75. The van der Waals surface area contributed by atoms with E-state index < -0.39 is 17.8 Å². The van der Waals surface area contributed by atoms with E-state index in [1.54, 1.807) is 0 Å². The minimum atomic E-state index is -0.785. The van der Waals surface area contributed by atoms with Crippen LogP contribution < -0.4 is 0 Å². The monoisotopic (exact) mass is 296 g/mol. The molecule has 0 amide bonds. The predicted octanol–water partition coefficient (Wildman–Crippen LogP) is 2.89. The highest BCUT2D eigenvalue weighted by atomic mass is 16.5. The molecule has 0 heterocycles. The van der Waals surface area contributed by atoms with E-state index in [9.17, 15) is 14.4 Å². The maximum atomic E-state index is 12.8. The molecule has 0 spiro atoms. The van der Waals surface area contributed by atoms with E-state index in [4.69, 9.17) is 4.74 Å². The summed E-state index contributed by atoms with van der Waals surface area (Å²) in [6, 6.07) is 0. The van der Waals surface area contributed by atoms with Crippen molar-refractivity contribution in [1.82, 2.24) is 0 Å². The SMILES string of the molecule is CCCC1C(C(=O)OC)C(=O)C(C(C)C)C(=O)C1C(C)C. The lowest BCUT2D eigenvalue weighted by Gasteiger charge is -2.41. The number of Topliss-reactive ketones (excluding diaryl/α,β-unsaturated/α-hetero) is 2. The fraction of sp³-hybridized carbons (Fsp3) is 0.824. The van der Waals surface area contributed by atoms with E-state index >= 15 is 0 Å². The molecular weight excluding hydrogens is 268 g/mol. The third kappa shape index (κ3) is 3.35. The molecule has 0 aromatic heterocycles. The van der Waals surface area contributed by atoms with Gasteiger partial charge in [-0.15, -0.1) is 0 Å². The van der Waals surface area contributed by atoms with E-state index in [-0.39, 0.29) is 35.2 Å². The van der Waals surface area contributed by atoms with Gasteiger partial charge in [-0.3, -0.25) is 14.4 Å². The van der Waals surface area contributed by atoms with Gasteiger partial charge in [-0.1, -0.05) is 41.0 Å². The van der Waals surface area contributed by atoms with Crippen LogP contribution in [-0.4, -0.2) is 24.6 Å². The zero-order valence-corrected chi connectivity index (χ0v) is 14.0. The Balaban J connectivity index is 3.32. The van der Waals surface area contributed by atoms with Crippen LogP contribution in [0.5, 0.6) is 0 Å². The minimum absolute atomic E-state index is 0.0172. The number of carbonyl (C=O) groups excluding carboxylic acids is 3. The van der Waals surface area contributed by atoms with Crippen LogP contribution >= 0.6 is 0 Å². The lowest BCUT2D eigenvalue weighted by atomic mass is 9.59. The molecule has 1 rings (SSSR count). The van der Waals surface area contributed by atoms with Gasteiger partial charge in [-0.25, -0.2) is 0 Å². The van der Waals surface area contributed by atoms with Gasteiger partial charge in [0, 0.05) is 5.92 Å². The van der Waals surface area contributed by atoms with Crippen LogP contribution in [0.2, 0.25) is 0 Å². The van der Waals surface area contributed by atoms with Crippen LogP contribution in [0.1, 0.15) is 47.5 Å². The number of hydrogen-bond donors (Lipinski definition) is 0. The quantitative estimate of drug-likeness (QED) is 0.578. The van der Waals surface area contributed by atoms with Crippen LogP contribution in [0.4, 0.5) is 0 Å². The van der Waals surface area contributed by atoms with Gasteiger partial charge in [0.2, 0.25) is 0 Å². The Morgan fingerprint density at radius 3 is 2.05 bits per heavy atom. The number of ether oxygens (including phenoxy) is 1. The first-order valence-corrected chi connectivity index (χ1v) is 7.93. The normalized spacial score (nSPS) is 30.1. The molecule has 0 radical (unpaired) electrons. The van der Waals surface area contributed by atoms with Crippen LogP contribution in [0.15, 0.2) is 0 Å². The van der Waals surface area contributed by atoms with Gasteiger partial charge in [0.05, 0.1) is 13.0 Å². The summed E-state index contributed by atoms with van der Waals surface area (Å²) in [6.45, 7) is 9.73. The molecular formula is C17H28O4. The first-order chi connectivity index (χ1) is 9.77. The number of ketones is 2.